The maximum absolute atomic E-state index is 12.6. The van der Waals surface area contributed by atoms with Gasteiger partial charge in [-0.25, -0.2) is 4.98 Å². The summed E-state index contributed by atoms with van der Waals surface area (Å²) in [5.41, 5.74) is 0.927. The highest BCUT2D eigenvalue weighted by Crippen LogP contribution is 2.37. The van der Waals surface area contributed by atoms with E-state index in [4.69, 9.17) is 9.47 Å². The molecule has 2 aromatic rings. The molecule has 0 radical (unpaired) electrons. The van der Waals surface area contributed by atoms with Crippen molar-refractivity contribution in [3.05, 3.63) is 45.8 Å². The molecule has 2 aromatic heterocycles. The molecule has 0 saturated carbocycles. The molecule has 0 aromatic carbocycles. The fourth-order valence-corrected chi connectivity index (χ4v) is 4.52. The summed E-state index contributed by atoms with van der Waals surface area (Å²) in [6.07, 6.45) is 3.48. The van der Waals surface area contributed by atoms with Gasteiger partial charge in [-0.05, 0) is 31.5 Å². The number of carbonyl (C=O) groups is 1. The van der Waals surface area contributed by atoms with Crippen LogP contribution in [0.25, 0.3) is 0 Å². The highest BCUT2D eigenvalue weighted by molar-refractivity contribution is 7.14. The van der Waals surface area contributed by atoms with Gasteiger partial charge < -0.3 is 14.4 Å². The van der Waals surface area contributed by atoms with E-state index in [0.717, 1.165) is 17.7 Å². The van der Waals surface area contributed by atoms with Crippen LogP contribution in [0, 0.1) is 13.8 Å². The molecule has 2 saturated heterocycles. The van der Waals surface area contributed by atoms with Crippen molar-refractivity contribution in [3.8, 4) is 5.88 Å². The van der Waals surface area contributed by atoms with E-state index in [1.165, 1.54) is 10.4 Å². The third-order valence-electron chi connectivity index (χ3n) is 4.99. The number of pyridine rings is 1. The largest absolute Gasteiger partial charge is 0.474 e. The van der Waals surface area contributed by atoms with Gasteiger partial charge in [0.05, 0.1) is 24.6 Å². The van der Waals surface area contributed by atoms with Crippen LogP contribution in [0.2, 0.25) is 0 Å². The van der Waals surface area contributed by atoms with Crippen LogP contribution in [0.1, 0.15) is 33.0 Å². The first-order valence-electron chi connectivity index (χ1n) is 8.63. The zero-order valence-corrected chi connectivity index (χ0v) is 15.3. The number of rotatable bonds is 3. The van der Waals surface area contributed by atoms with Crippen LogP contribution in [-0.4, -0.2) is 47.2 Å². The molecule has 4 heterocycles. The van der Waals surface area contributed by atoms with Gasteiger partial charge in [-0.15, -0.1) is 11.3 Å². The van der Waals surface area contributed by atoms with Crippen LogP contribution >= 0.6 is 11.3 Å². The molecule has 25 heavy (non-hydrogen) atoms. The number of nitrogens with zero attached hydrogens (tertiary/aromatic N) is 2. The van der Waals surface area contributed by atoms with Crippen LogP contribution in [0.15, 0.2) is 30.5 Å². The summed E-state index contributed by atoms with van der Waals surface area (Å²) in [6, 6.07) is 7.66. The Balaban J connectivity index is 1.37. The molecule has 0 N–H and O–H groups in total. The highest BCUT2D eigenvalue weighted by atomic mass is 32.1. The van der Waals surface area contributed by atoms with Crippen LogP contribution in [0.5, 0.6) is 5.88 Å². The van der Waals surface area contributed by atoms with E-state index >= 15 is 0 Å². The summed E-state index contributed by atoms with van der Waals surface area (Å²) in [4.78, 5) is 20.8. The minimum atomic E-state index is -0.255. The number of carbonyl (C=O) groups excluding carboxylic acids is 1. The number of aryl methyl sites for hydroxylation is 2. The van der Waals surface area contributed by atoms with Gasteiger partial charge >= 0.3 is 0 Å². The van der Waals surface area contributed by atoms with Gasteiger partial charge in [0.25, 0.3) is 5.91 Å². The number of ether oxygens (including phenoxy) is 2. The maximum Gasteiger partial charge on any atom is 0.264 e. The lowest BCUT2D eigenvalue weighted by atomic mass is 9.84. The first-order valence-corrected chi connectivity index (χ1v) is 9.44. The molecule has 4 rings (SSSR count). The van der Waals surface area contributed by atoms with Crippen LogP contribution in [-0.2, 0) is 4.74 Å². The quantitative estimate of drug-likeness (QED) is 0.845. The van der Waals surface area contributed by atoms with Gasteiger partial charge in [0.2, 0.25) is 5.88 Å². The van der Waals surface area contributed by atoms with Crippen LogP contribution in [0.3, 0.4) is 0 Å². The molecular weight excluding hydrogens is 336 g/mol. The number of likely N-dealkylation sites (tertiary alicyclic amines) is 1. The number of aromatic nitrogens is 1. The average Bonchev–Trinajstić information content (AvgIpc) is 2.92. The Kier molecular flexibility index (Phi) is 4.25. The Morgan fingerprint density at radius 3 is 2.92 bits per heavy atom. The molecule has 0 bridgehead atoms. The van der Waals surface area contributed by atoms with Gasteiger partial charge in [0.15, 0.2) is 0 Å². The monoisotopic (exact) mass is 358 g/mol. The topological polar surface area (TPSA) is 51.7 Å². The van der Waals surface area contributed by atoms with E-state index in [1.807, 2.05) is 36.1 Å². The normalized spacial score (nSPS) is 21.8. The SMILES string of the molecule is Cc1cc(C(=O)N2CC3(C[C@H](Oc4ccccn4)CCO3)C2)sc1C. The minimum absolute atomic E-state index is 0.0899. The minimum Gasteiger partial charge on any atom is -0.474 e. The molecule has 1 amide bonds. The second kappa shape index (κ2) is 6.42. The summed E-state index contributed by atoms with van der Waals surface area (Å²) < 4.78 is 12.0. The third kappa shape index (κ3) is 3.28. The lowest BCUT2D eigenvalue weighted by molar-refractivity contribution is -0.174. The van der Waals surface area contributed by atoms with Gasteiger partial charge in [-0.1, -0.05) is 6.07 Å². The Labute approximate surface area is 151 Å². The fourth-order valence-electron chi connectivity index (χ4n) is 3.52. The van der Waals surface area contributed by atoms with E-state index in [2.05, 4.69) is 11.9 Å². The Morgan fingerprint density at radius 1 is 1.40 bits per heavy atom. The molecule has 6 heteroatoms. The molecule has 0 aliphatic carbocycles. The molecular formula is C19H22N2O3S. The standard InChI is InChI=1S/C19H22N2O3S/c1-13-9-16(25-14(13)2)18(22)21-11-19(12-21)10-15(6-8-23-19)24-17-5-3-4-7-20-17/h3-5,7,9,15H,6,8,10-12H2,1-2H3/t15-/m1/s1. The van der Waals surface area contributed by atoms with Crippen molar-refractivity contribution in [1.82, 2.24) is 9.88 Å². The summed E-state index contributed by atoms with van der Waals surface area (Å²) in [7, 11) is 0. The van der Waals surface area contributed by atoms with Gasteiger partial charge in [-0.2, -0.15) is 0 Å². The first kappa shape index (κ1) is 16.5. The predicted octanol–water partition coefficient (Wildman–Crippen LogP) is 3.21. The number of hydrogen-bond donors (Lipinski definition) is 0. The third-order valence-corrected chi connectivity index (χ3v) is 6.14. The van der Waals surface area contributed by atoms with Gasteiger partial charge in [0, 0.05) is 30.0 Å². The van der Waals surface area contributed by atoms with Crippen molar-refractivity contribution in [1.29, 1.82) is 0 Å². The second-order valence-corrected chi connectivity index (χ2v) is 8.20. The molecule has 2 aliphatic rings. The molecule has 2 fully saturated rings. The van der Waals surface area contributed by atoms with E-state index in [1.54, 1.807) is 17.5 Å². The summed E-state index contributed by atoms with van der Waals surface area (Å²) in [6.45, 7) is 6.05. The van der Waals surface area contributed by atoms with E-state index in [0.29, 0.717) is 25.6 Å². The first-order chi connectivity index (χ1) is 12.0. The Hall–Kier alpha value is -1.92. The van der Waals surface area contributed by atoms with Crippen molar-refractivity contribution in [3.63, 3.8) is 0 Å². The predicted molar refractivity (Wildman–Crippen MR) is 96.3 cm³/mol. The van der Waals surface area contributed by atoms with Crippen molar-refractivity contribution in [2.24, 2.45) is 0 Å². The van der Waals surface area contributed by atoms with E-state index in [-0.39, 0.29) is 17.6 Å². The average molecular weight is 358 g/mol. The Morgan fingerprint density at radius 2 is 2.24 bits per heavy atom. The molecule has 5 nitrogen and oxygen atoms in total. The molecule has 2 aliphatic heterocycles. The maximum atomic E-state index is 12.6. The molecule has 1 atom stereocenters. The van der Waals surface area contributed by atoms with E-state index in [9.17, 15) is 4.79 Å². The lowest BCUT2D eigenvalue weighted by Gasteiger charge is -2.52. The van der Waals surface area contributed by atoms with Crippen molar-refractivity contribution >= 4 is 17.2 Å². The summed E-state index contributed by atoms with van der Waals surface area (Å²) in [5, 5.41) is 0. The zero-order valence-electron chi connectivity index (χ0n) is 14.5. The van der Waals surface area contributed by atoms with Crippen molar-refractivity contribution in [2.45, 2.75) is 38.4 Å². The fraction of sp³-hybridized carbons (Fsp3) is 0.474. The molecule has 132 valence electrons. The van der Waals surface area contributed by atoms with E-state index < -0.39 is 0 Å². The number of hydrogen-bond acceptors (Lipinski definition) is 5. The molecule has 0 unspecified atom stereocenters. The van der Waals surface area contributed by atoms with Gasteiger partial charge in [0.1, 0.15) is 11.7 Å². The zero-order chi connectivity index (χ0) is 17.4. The number of amides is 1. The van der Waals surface area contributed by atoms with Gasteiger partial charge in [-0.3, -0.25) is 4.79 Å². The van der Waals surface area contributed by atoms with Crippen LogP contribution < -0.4 is 4.74 Å². The second-order valence-electron chi connectivity index (χ2n) is 6.94. The highest BCUT2D eigenvalue weighted by Gasteiger charge is 2.50. The van der Waals surface area contributed by atoms with Crippen LogP contribution in [0.4, 0.5) is 0 Å². The smallest absolute Gasteiger partial charge is 0.264 e. The Bertz CT molecular complexity index is 749. The van der Waals surface area contributed by atoms with Crippen molar-refractivity contribution in [2.75, 3.05) is 19.7 Å². The summed E-state index contributed by atoms with van der Waals surface area (Å²) in [5.74, 6) is 0.768. The lowest BCUT2D eigenvalue weighted by Crippen LogP contribution is -2.67. The molecule has 1 spiro atoms. The summed E-state index contributed by atoms with van der Waals surface area (Å²) >= 11 is 1.57. The van der Waals surface area contributed by atoms with Crippen molar-refractivity contribution < 1.29 is 14.3 Å². The number of thiophene rings is 1.